The van der Waals surface area contributed by atoms with E-state index in [-0.39, 0.29) is 25.9 Å². The summed E-state index contributed by atoms with van der Waals surface area (Å²) in [6.45, 7) is 0.0515. The van der Waals surface area contributed by atoms with Crippen LogP contribution in [0, 0.1) is 11.7 Å². The number of aliphatic carboxylic acids is 1. The minimum absolute atomic E-state index is 0.0258. The van der Waals surface area contributed by atoms with Gasteiger partial charge in [0.1, 0.15) is 11.5 Å². The Morgan fingerprint density at radius 3 is 2.33 bits per heavy atom. The van der Waals surface area contributed by atoms with Gasteiger partial charge in [-0.25, -0.2) is 9.07 Å². The summed E-state index contributed by atoms with van der Waals surface area (Å²) < 4.78 is 55.2. The highest BCUT2D eigenvalue weighted by Crippen LogP contribution is 2.35. The van der Waals surface area contributed by atoms with E-state index in [1.54, 1.807) is 0 Å². The third-order valence-electron chi connectivity index (χ3n) is 4.48. The molecule has 0 saturated carbocycles. The molecule has 1 N–H and O–H groups in total. The van der Waals surface area contributed by atoms with Gasteiger partial charge < -0.3 is 10.0 Å². The molecule has 144 valence electrons. The molecule has 1 aliphatic rings. The first-order valence-corrected chi connectivity index (χ1v) is 8.12. The van der Waals surface area contributed by atoms with Gasteiger partial charge >= 0.3 is 12.1 Å². The van der Waals surface area contributed by atoms with Crippen LogP contribution >= 0.6 is 0 Å². The fourth-order valence-corrected chi connectivity index (χ4v) is 3.08. The first kappa shape index (κ1) is 18.9. The van der Waals surface area contributed by atoms with E-state index in [0.29, 0.717) is 4.68 Å². The summed E-state index contributed by atoms with van der Waals surface area (Å²) >= 11 is 0. The predicted molar refractivity (Wildman–Crippen MR) is 84.8 cm³/mol. The van der Waals surface area contributed by atoms with E-state index < -0.39 is 46.7 Å². The molecule has 0 atom stereocenters. The number of aromatic nitrogens is 2. The molecule has 1 aliphatic heterocycles. The standard InChI is InChI=1S/C17H15F4N3O3/c18-12-3-1-2-4-13(12)24-14(17(19,20)21)11(9-22-24)15(25)23-7-5-10(6-8-23)16(26)27/h1-4,9-10H,5-8H2,(H,26,27). The lowest BCUT2D eigenvalue weighted by atomic mass is 9.96. The van der Waals surface area contributed by atoms with E-state index in [1.807, 2.05) is 0 Å². The summed E-state index contributed by atoms with van der Waals surface area (Å²) in [6.07, 6.45) is -3.86. The summed E-state index contributed by atoms with van der Waals surface area (Å²) in [4.78, 5) is 24.7. The Morgan fingerprint density at radius 1 is 1.15 bits per heavy atom. The van der Waals surface area contributed by atoms with Gasteiger partial charge in [-0.15, -0.1) is 0 Å². The number of carbonyl (C=O) groups excluding carboxylic acids is 1. The zero-order valence-electron chi connectivity index (χ0n) is 13.9. The topological polar surface area (TPSA) is 75.4 Å². The van der Waals surface area contributed by atoms with Crippen LogP contribution in [0.5, 0.6) is 0 Å². The Labute approximate surface area is 151 Å². The van der Waals surface area contributed by atoms with E-state index in [0.717, 1.165) is 23.2 Å². The Balaban J connectivity index is 1.96. The minimum atomic E-state index is -4.94. The molecule has 27 heavy (non-hydrogen) atoms. The normalized spacial score (nSPS) is 15.8. The number of para-hydroxylation sites is 1. The number of piperidine rings is 1. The number of nitrogens with zero attached hydrogens (tertiary/aromatic N) is 3. The number of alkyl halides is 3. The van der Waals surface area contributed by atoms with Gasteiger partial charge in [0.15, 0.2) is 5.69 Å². The van der Waals surface area contributed by atoms with Crippen LogP contribution in [0.25, 0.3) is 5.69 Å². The van der Waals surface area contributed by atoms with E-state index in [4.69, 9.17) is 5.11 Å². The van der Waals surface area contributed by atoms with Crippen LogP contribution in [0.3, 0.4) is 0 Å². The van der Waals surface area contributed by atoms with Gasteiger partial charge in [0.25, 0.3) is 5.91 Å². The third kappa shape index (κ3) is 3.64. The van der Waals surface area contributed by atoms with Gasteiger partial charge in [-0.1, -0.05) is 12.1 Å². The van der Waals surface area contributed by atoms with Crippen molar-refractivity contribution < 1.29 is 32.3 Å². The molecule has 3 rings (SSSR count). The maximum Gasteiger partial charge on any atom is 0.434 e. The Morgan fingerprint density at radius 2 is 1.78 bits per heavy atom. The van der Waals surface area contributed by atoms with Crippen molar-refractivity contribution in [1.82, 2.24) is 14.7 Å². The zero-order chi connectivity index (χ0) is 19.8. The Hall–Kier alpha value is -2.91. The Bertz CT molecular complexity index is 871. The van der Waals surface area contributed by atoms with E-state index >= 15 is 0 Å². The number of carboxylic acids is 1. The molecule has 1 saturated heterocycles. The number of hydrogen-bond acceptors (Lipinski definition) is 3. The maximum absolute atomic E-state index is 13.9. The predicted octanol–water partition coefficient (Wildman–Crippen LogP) is 2.97. The average Bonchev–Trinajstić information content (AvgIpc) is 3.07. The van der Waals surface area contributed by atoms with E-state index in [2.05, 4.69) is 5.10 Å². The first-order valence-electron chi connectivity index (χ1n) is 8.12. The molecule has 0 radical (unpaired) electrons. The molecule has 10 heteroatoms. The van der Waals surface area contributed by atoms with E-state index in [9.17, 15) is 27.2 Å². The van der Waals surface area contributed by atoms with Crippen molar-refractivity contribution in [3.63, 3.8) is 0 Å². The molecule has 0 spiro atoms. The number of likely N-dealkylation sites (tertiary alicyclic amines) is 1. The third-order valence-corrected chi connectivity index (χ3v) is 4.48. The van der Waals surface area contributed by atoms with Crippen molar-refractivity contribution in [2.75, 3.05) is 13.1 Å². The van der Waals surface area contributed by atoms with Gasteiger partial charge in [-0.2, -0.15) is 18.3 Å². The van der Waals surface area contributed by atoms with Crippen molar-refractivity contribution in [2.24, 2.45) is 5.92 Å². The summed E-state index contributed by atoms with van der Waals surface area (Å²) in [5, 5.41) is 12.6. The summed E-state index contributed by atoms with van der Waals surface area (Å²) in [6, 6.07) is 4.81. The van der Waals surface area contributed by atoms with Gasteiger partial charge in [-0.05, 0) is 25.0 Å². The minimum Gasteiger partial charge on any atom is -0.481 e. The monoisotopic (exact) mass is 385 g/mol. The second-order valence-corrected chi connectivity index (χ2v) is 6.17. The lowest BCUT2D eigenvalue weighted by Crippen LogP contribution is -2.40. The van der Waals surface area contributed by atoms with Crippen LogP contribution in [0.2, 0.25) is 0 Å². The quantitative estimate of drug-likeness (QED) is 0.825. The lowest BCUT2D eigenvalue weighted by molar-refractivity contribution is -0.143. The first-order chi connectivity index (χ1) is 12.7. The number of rotatable bonds is 3. The average molecular weight is 385 g/mol. The number of carboxylic acid groups (broad SMARTS) is 1. The molecule has 1 fully saturated rings. The summed E-state index contributed by atoms with van der Waals surface area (Å²) in [7, 11) is 0. The van der Waals surface area contributed by atoms with Crippen molar-refractivity contribution in [2.45, 2.75) is 19.0 Å². The molecule has 2 heterocycles. The number of hydrogen-bond donors (Lipinski definition) is 1. The second-order valence-electron chi connectivity index (χ2n) is 6.17. The van der Waals surface area contributed by atoms with Crippen LogP contribution in [-0.2, 0) is 11.0 Å². The molecule has 0 bridgehead atoms. The number of halogens is 4. The van der Waals surface area contributed by atoms with Crippen molar-refractivity contribution in [3.8, 4) is 5.69 Å². The lowest BCUT2D eigenvalue weighted by Gasteiger charge is -2.30. The Kier molecular flexibility index (Phi) is 4.90. The van der Waals surface area contributed by atoms with Gasteiger partial charge in [-0.3, -0.25) is 9.59 Å². The van der Waals surface area contributed by atoms with E-state index in [1.165, 1.54) is 12.1 Å². The fourth-order valence-electron chi connectivity index (χ4n) is 3.08. The summed E-state index contributed by atoms with van der Waals surface area (Å²) in [5.74, 6) is -3.44. The molecule has 0 aliphatic carbocycles. The molecule has 2 aromatic rings. The summed E-state index contributed by atoms with van der Waals surface area (Å²) in [5.41, 5.74) is -2.48. The number of amides is 1. The maximum atomic E-state index is 13.9. The molecule has 1 amide bonds. The van der Waals surface area contributed by atoms with Gasteiger partial charge in [0.2, 0.25) is 0 Å². The van der Waals surface area contributed by atoms with Crippen LogP contribution in [0.15, 0.2) is 30.5 Å². The molecular weight excluding hydrogens is 370 g/mol. The number of carbonyl (C=O) groups is 2. The smallest absolute Gasteiger partial charge is 0.434 e. The molecule has 1 aromatic carbocycles. The van der Waals surface area contributed by atoms with Gasteiger partial charge in [0.05, 0.1) is 17.7 Å². The highest BCUT2D eigenvalue weighted by molar-refractivity contribution is 5.95. The van der Waals surface area contributed by atoms with Crippen molar-refractivity contribution >= 4 is 11.9 Å². The molecule has 6 nitrogen and oxygen atoms in total. The second kappa shape index (κ2) is 7.01. The fraction of sp³-hybridized carbons (Fsp3) is 0.353. The van der Waals surface area contributed by atoms with Crippen molar-refractivity contribution in [3.05, 3.63) is 47.5 Å². The molecule has 1 aromatic heterocycles. The highest BCUT2D eigenvalue weighted by Gasteiger charge is 2.42. The molecule has 0 unspecified atom stereocenters. The van der Waals surface area contributed by atoms with Crippen LogP contribution in [-0.4, -0.2) is 44.8 Å². The molecular formula is C17H15F4N3O3. The van der Waals surface area contributed by atoms with Gasteiger partial charge in [0, 0.05) is 13.1 Å². The number of benzene rings is 1. The SMILES string of the molecule is O=C(O)C1CCN(C(=O)c2cnn(-c3ccccc3F)c2C(F)(F)F)CC1. The van der Waals surface area contributed by atoms with Crippen molar-refractivity contribution in [1.29, 1.82) is 0 Å². The largest absolute Gasteiger partial charge is 0.481 e. The van der Waals surface area contributed by atoms with Crippen LogP contribution in [0.1, 0.15) is 28.9 Å². The zero-order valence-corrected chi connectivity index (χ0v) is 13.9. The van der Waals surface area contributed by atoms with Crippen LogP contribution < -0.4 is 0 Å². The highest BCUT2D eigenvalue weighted by atomic mass is 19.4. The van der Waals surface area contributed by atoms with Crippen LogP contribution in [0.4, 0.5) is 17.6 Å².